The first-order valence-electron chi connectivity index (χ1n) is 3.63. The van der Waals surface area contributed by atoms with Crippen LogP contribution in [-0.4, -0.2) is 21.1 Å². The first kappa shape index (κ1) is 10.0. The van der Waals surface area contributed by atoms with Crippen molar-refractivity contribution in [3.05, 3.63) is 17.5 Å². The summed E-state index contributed by atoms with van der Waals surface area (Å²) in [6.07, 6.45) is -3.04. The van der Waals surface area contributed by atoms with Crippen LogP contribution in [0.1, 0.15) is 11.3 Å². The van der Waals surface area contributed by atoms with Crippen LogP contribution in [0.15, 0.2) is 6.20 Å². The Kier molecular flexibility index (Phi) is 2.60. The molecule has 0 bridgehead atoms. The lowest BCUT2D eigenvalue weighted by atomic mass is 10.3. The predicted octanol–water partition coefficient (Wildman–Crippen LogP) is 1.25. The van der Waals surface area contributed by atoms with Crippen LogP contribution in [0.25, 0.3) is 0 Å². The second-order valence-corrected chi connectivity index (χ2v) is 2.69. The van der Waals surface area contributed by atoms with Crippen LogP contribution < -0.4 is 0 Å². The zero-order valence-corrected chi connectivity index (χ0v) is 6.97. The standard InChI is InChI=1S/C7H9F3N2O/c1-5-6(3-13)2-11-12(5)4-7(8,9)10/h2,13H,3-4H2,1H3. The molecule has 0 aliphatic rings. The van der Waals surface area contributed by atoms with Gasteiger partial charge in [0, 0.05) is 11.3 Å². The Hall–Kier alpha value is -1.04. The van der Waals surface area contributed by atoms with Crippen molar-refractivity contribution in [3.63, 3.8) is 0 Å². The fraction of sp³-hybridized carbons (Fsp3) is 0.571. The minimum atomic E-state index is -4.27. The smallest absolute Gasteiger partial charge is 0.392 e. The van der Waals surface area contributed by atoms with Crippen molar-refractivity contribution in [1.29, 1.82) is 0 Å². The molecule has 1 rings (SSSR count). The zero-order valence-electron chi connectivity index (χ0n) is 6.97. The van der Waals surface area contributed by atoms with E-state index in [1.807, 2.05) is 0 Å². The first-order chi connectivity index (χ1) is 5.94. The van der Waals surface area contributed by atoms with E-state index in [4.69, 9.17) is 5.11 Å². The molecule has 0 radical (unpaired) electrons. The third-order valence-electron chi connectivity index (χ3n) is 1.70. The molecule has 0 unspecified atom stereocenters. The zero-order chi connectivity index (χ0) is 10.1. The number of aliphatic hydroxyl groups is 1. The molecule has 0 spiro atoms. The number of hydrogen-bond donors (Lipinski definition) is 1. The average molecular weight is 194 g/mol. The van der Waals surface area contributed by atoms with Gasteiger partial charge in [0.05, 0.1) is 12.8 Å². The van der Waals surface area contributed by atoms with Gasteiger partial charge in [-0.3, -0.25) is 4.68 Å². The van der Waals surface area contributed by atoms with Crippen LogP contribution >= 0.6 is 0 Å². The number of rotatable bonds is 2. The van der Waals surface area contributed by atoms with E-state index in [9.17, 15) is 13.2 Å². The van der Waals surface area contributed by atoms with Gasteiger partial charge >= 0.3 is 6.18 Å². The van der Waals surface area contributed by atoms with Gasteiger partial charge in [0.2, 0.25) is 0 Å². The average Bonchev–Trinajstić information content (AvgIpc) is 2.30. The molecule has 1 aromatic heterocycles. The highest BCUT2D eigenvalue weighted by atomic mass is 19.4. The quantitative estimate of drug-likeness (QED) is 0.769. The Bertz CT molecular complexity index is 292. The highest BCUT2D eigenvalue weighted by Crippen LogP contribution is 2.19. The van der Waals surface area contributed by atoms with Crippen molar-refractivity contribution in [1.82, 2.24) is 9.78 Å². The Morgan fingerprint density at radius 1 is 1.54 bits per heavy atom. The second kappa shape index (κ2) is 3.37. The third kappa shape index (κ3) is 2.45. The summed E-state index contributed by atoms with van der Waals surface area (Å²) in [5.74, 6) is 0. The second-order valence-electron chi connectivity index (χ2n) is 2.69. The van der Waals surface area contributed by atoms with E-state index < -0.39 is 12.7 Å². The molecule has 74 valence electrons. The summed E-state index contributed by atoms with van der Waals surface area (Å²) in [6, 6.07) is 0. The van der Waals surface area contributed by atoms with Crippen molar-refractivity contribution >= 4 is 0 Å². The topological polar surface area (TPSA) is 38.1 Å². The number of alkyl halides is 3. The summed E-state index contributed by atoms with van der Waals surface area (Å²) in [4.78, 5) is 0. The van der Waals surface area contributed by atoms with Crippen LogP contribution in [0.5, 0.6) is 0 Å². The van der Waals surface area contributed by atoms with E-state index in [-0.39, 0.29) is 6.61 Å². The summed E-state index contributed by atoms with van der Waals surface area (Å²) >= 11 is 0. The molecule has 0 amide bonds. The minimum Gasteiger partial charge on any atom is -0.392 e. The van der Waals surface area contributed by atoms with Crippen LogP contribution in [0.4, 0.5) is 13.2 Å². The van der Waals surface area contributed by atoms with Gasteiger partial charge < -0.3 is 5.11 Å². The van der Waals surface area contributed by atoms with Gasteiger partial charge in [-0.1, -0.05) is 0 Å². The molecule has 0 aliphatic carbocycles. The Morgan fingerprint density at radius 2 is 2.15 bits per heavy atom. The lowest BCUT2D eigenvalue weighted by molar-refractivity contribution is -0.142. The Labute approximate surface area is 72.8 Å². The molecule has 0 fully saturated rings. The number of aliphatic hydroxyl groups excluding tert-OH is 1. The third-order valence-corrected chi connectivity index (χ3v) is 1.70. The molecule has 6 heteroatoms. The molecular weight excluding hydrogens is 185 g/mol. The van der Waals surface area contributed by atoms with Crippen LogP contribution in [0.3, 0.4) is 0 Å². The monoisotopic (exact) mass is 194 g/mol. The number of nitrogens with zero attached hydrogens (tertiary/aromatic N) is 2. The van der Waals surface area contributed by atoms with Gasteiger partial charge in [-0.05, 0) is 6.92 Å². The van der Waals surface area contributed by atoms with Crippen molar-refractivity contribution in [2.45, 2.75) is 26.3 Å². The summed E-state index contributed by atoms with van der Waals surface area (Å²) in [7, 11) is 0. The maximum absolute atomic E-state index is 11.9. The van der Waals surface area contributed by atoms with Gasteiger partial charge in [0.25, 0.3) is 0 Å². The van der Waals surface area contributed by atoms with E-state index in [0.717, 1.165) is 4.68 Å². The van der Waals surface area contributed by atoms with Gasteiger partial charge in [-0.15, -0.1) is 0 Å². The fourth-order valence-electron chi connectivity index (χ4n) is 0.970. The molecular formula is C7H9F3N2O. The van der Waals surface area contributed by atoms with E-state index in [1.165, 1.54) is 13.1 Å². The molecule has 1 aromatic rings. The predicted molar refractivity (Wildman–Crippen MR) is 38.9 cm³/mol. The molecule has 13 heavy (non-hydrogen) atoms. The molecule has 0 aromatic carbocycles. The lowest BCUT2D eigenvalue weighted by Crippen LogP contribution is -2.19. The van der Waals surface area contributed by atoms with Crippen molar-refractivity contribution in [2.24, 2.45) is 0 Å². The van der Waals surface area contributed by atoms with Gasteiger partial charge in [-0.25, -0.2) is 0 Å². The normalized spacial score (nSPS) is 12.1. The Balaban J connectivity index is 2.84. The SMILES string of the molecule is Cc1c(CO)cnn1CC(F)(F)F. The molecule has 0 saturated heterocycles. The largest absolute Gasteiger partial charge is 0.408 e. The molecule has 3 nitrogen and oxygen atoms in total. The lowest BCUT2D eigenvalue weighted by Gasteiger charge is -2.08. The van der Waals surface area contributed by atoms with Gasteiger partial charge in [0.15, 0.2) is 0 Å². The maximum Gasteiger partial charge on any atom is 0.408 e. The highest BCUT2D eigenvalue weighted by molar-refractivity contribution is 5.14. The van der Waals surface area contributed by atoms with E-state index in [1.54, 1.807) is 0 Å². The highest BCUT2D eigenvalue weighted by Gasteiger charge is 2.29. The minimum absolute atomic E-state index is 0.288. The molecule has 0 saturated carbocycles. The van der Waals surface area contributed by atoms with Crippen LogP contribution in [0.2, 0.25) is 0 Å². The van der Waals surface area contributed by atoms with Crippen molar-refractivity contribution < 1.29 is 18.3 Å². The molecule has 0 aliphatic heterocycles. The van der Waals surface area contributed by atoms with E-state index >= 15 is 0 Å². The van der Waals surface area contributed by atoms with Gasteiger partial charge in [0.1, 0.15) is 6.54 Å². The number of halogens is 3. The van der Waals surface area contributed by atoms with Crippen molar-refractivity contribution in [3.8, 4) is 0 Å². The summed E-state index contributed by atoms with van der Waals surface area (Å²) in [5.41, 5.74) is 0.768. The maximum atomic E-state index is 11.9. The first-order valence-corrected chi connectivity index (χ1v) is 3.63. The van der Waals surface area contributed by atoms with Crippen LogP contribution in [-0.2, 0) is 13.2 Å². The van der Waals surface area contributed by atoms with E-state index in [2.05, 4.69) is 5.10 Å². The van der Waals surface area contributed by atoms with Crippen LogP contribution in [0, 0.1) is 6.92 Å². The van der Waals surface area contributed by atoms with E-state index in [0.29, 0.717) is 11.3 Å². The molecule has 1 N–H and O–H groups in total. The number of aromatic nitrogens is 2. The number of hydrogen-bond acceptors (Lipinski definition) is 2. The summed E-state index contributed by atoms with van der Waals surface area (Å²) in [5, 5.41) is 12.2. The van der Waals surface area contributed by atoms with Crippen molar-refractivity contribution in [2.75, 3.05) is 0 Å². The van der Waals surface area contributed by atoms with Gasteiger partial charge in [-0.2, -0.15) is 18.3 Å². The summed E-state index contributed by atoms with van der Waals surface area (Å²) in [6.45, 7) is 0.0901. The summed E-state index contributed by atoms with van der Waals surface area (Å²) < 4.78 is 36.6. The fourth-order valence-corrected chi connectivity index (χ4v) is 0.970. The molecule has 1 heterocycles. The molecule has 0 atom stereocenters. The Morgan fingerprint density at radius 3 is 2.54 bits per heavy atom.